The number of hydrogen-bond donors (Lipinski definition) is 1. The minimum Gasteiger partial charge on any atom is -0.496 e. The van der Waals surface area contributed by atoms with Crippen molar-refractivity contribution in [3.05, 3.63) is 47.7 Å². The molecule has 0 spiro atoms. The number of hydrogen-bond acceptors (Lipinski definition) is 5. The first-order valence-electron chi connectivity index (χ1n) is 6.02. The van der Waals surface area contributed by atoms with Gasteiger partial charge in [0.15, 0.2) is 5.57 Å². The Balaban J connectivity index is 2.55. The van der Waals surface area contributed by atoms with E-state index in [2.05, 4.69) is 5.32 Å². The zero-order valence-corrected chi connectivity index (χ0v) is 11.2. The Morgan fingerprint density at radius 1 is 1.05 bits per heavy atom. The molecular weight excluding hydrogens is 264 g/mol. The van der Waals surface area contributed by atoms with Crippen LogP contribution in [0, 0.1) is 34.0 Å². The molecule has 0 radical (unpaired) electrons. The fourth-order valence-corrected chi connectivity index (χ4v) is 1.94. The second-order valence-corrected chi connectivity index (χ2v) is 4.11. The molecule has 0 amide bonds. The summed E-state index contributed by atoms with van der Waals surface area (Å²) < 4.78 is 5.33. The molecule has 2 rings (SSSR count). The number of nitrogens with one attached hydrogen (secondary N) is 1. The second kappa shape index (κ2) is 6.10. The Morgan fingerprint density at radius 3 is 2.38 bits per heavy atom. The lowest BCUT2D eigenvalue weighted by molar-refractivity contribution is 0.420. The summed E-state index contributed by atoms with van der Waals surface area (Å²) in [7, 11) is 1.56. The lowest BCUT2D eigenvalue weighted by Gasteiger charge is -2.10. The molecule has 0 aliphatic rings. The molecule has 21 heavy (non-hydrogen) atoms. The summed E-state index contributed by atoms with van der Waals surface area (Å²) in [6, 6.07) is 16.4. The third kappa shape index (κ3) is 2.76. The SMILES string of the molecule is COc1cc(NC(C#N)=C(C#N)C#N)cc2ccccc12. The van der Waals surface area contributed by atoms with E-state index in [-0.39, 0.29) is 11.3 Å². The molecule has 1 N–H and O–H groups in total. The topological polar surface area (TPSA) is 92.6 Å². The molecule has 0 bridgehead atoms. The smallest absolute Gasteiger partial charge is 0.163 e. The highest BCUT2D eigenvalue weighted by atomic mass is 16.5. The van der Waals surface area contributed by atoms with Gasteiger partial charge in [-0.3, -0.25) is 0 Å². The van der Waals surface area contributed by atoms with Crippen LogP contribution >= 0.6 is 0 Å². The standard InChI is InChI=1S/C16H10N4O/c1-21-16-7-13(6-11-4-2-3-5-14(11)16)20-15(10-19)12(8-17)9-18/h2-7,20H,1H3. The number of anilines is 1. The zero-order chi connectivity index (χ0) is 15.2. The highest BCUT2D eigenvalue weighted by molar-refractivity contribution is 5.91. The van der Waals surface area contributed by atoms with Crippen molar-refractivity contribution in [1.82, 2.24) is 0 Å². The lowest BCUT2D eigenvalue weighted by atomic mass is 10.1. The molecule has 0 saturated heterocycles. The van der Waals surface area contributed by atoms with Crippen LogP contribution in [0.2, 0.25) is 0 Å². The van der Waals surface area contributed by atoms with Crippen molar-refractivity contribution in [2.45, 2.75) is 0 Å². The van der Waals surface area contributed by atoms with E-state index in [4.69, 9.17) is 20.5 Å². The molecular formula is C16H10N4O. The number of fused-ring (bicyclic) bond motifs is 1. The van der Waals surface area contributed by atoms with Crippen LogP contribution in [0.1, 0.15) is 0 Å². The maximum absolute atomic E-state index is 9.06. The molecule has 0 aliphatic carbocycles. The molecule has 0 saturated carbocycles. The van der Waals surface area contributed by atoms with Crippen LogP contribution in [-0.4, -0.2) is 7.11 Å². The number of methoxy groups -OCH3 is 1. The quantitative estimate of drug-likeness (QED) is 0.868. The first kappa shape index (κ1) is 13.9. The van der Waals surface area contributed by atoms with Gasteiger partial charge >= 0.3 is 0 Å². The molecule has 2 aromatic carbocycles. The molecule has 5 heteroatoms. The van der Waals surface area contributed by atoms with Gasteiger partial charge in [0, 0.05) is 17.1 Å². The normalized spacial score (nSPS) is 9.05. The van der Waals surface area contributed by atoms with E-state index < -0.39 is 0 Å². The van der Waals surface area contributed by atoms with Gasteiger partial charge in [0.25, 0.3) is 0 Å². The minimum absolute atomic E-state index is 0.0858. The summed E-state index contributed by atoms with van der Waals surface area (Å²) >= 11 is 0. The van der Waals surface area contributed by atoms with Crippen LogP contribution in [0.3, 0.4) is 0 Å². The molecule has 2 aromatic rings. The van der Waals surface area contributed by atoms with Gasteiger partial charge in [-0.05, 0) is 11.5 Å². The minimum atomic E-state index is -0.260. The van der Waals surface area contributed by atoms with Crippen LogP contribution in [0.4, 0.5) is 5.69 Å². The predicted octanol–water partition coefficient (Wildman–Crippen LogP) is 3.09. The van der Waals surface area contributed by atoms with Gasteiger partial charge in [-0.15, -0.1) is 0 Å². The summed E-state index contributed by atoms with van der Waals surface area (Å²) in [5.74, 6) is 0.642. The lowest BCUT2D eigenvalue weighted by Crippen LogP contribution is -2.01. The Hall–Kier alpha value is -3.49. The average Bonchev–Trinajstić information content (AvgIpc) is 2.54. The van der Waals surface area contributed by atoms with Gasteiger partial charge in [0.1, 0.15) is 29.7 Å². The highest BCUT2D eigenvalue weighted by Gasteiger charge is 2.09. The van der Waals surface area contributed by atoms with E-state index >= 15 is 0 Å². The van der Waals surface area contributed by atoms with Gasteiger partial charge in [0.05, 0.1) is 7.11 Å². The summed E-state index contributed by atoms with van der Waals surface area (Å²) in [6.45, 7) is 0. The number of ether oxygens (including phenoxy) is 1. The van der Waals surface area contributed by atoms with Crippen LogP contribution < -0.4 is 10.1 Å². The van der Waals surface area contributed by atoms with Crippen LogP contribution in [-0.2, 0) is 0 Å². The Morgan fingerprint density at radius 2 is 1.76 bits per heavy atom. The monoisotopic (exact) mass is 274 g/mol. The van der Waals surface area contributed by atoms with E-state index in [0.717, 1.165) is 10.8 Å². The number of allylic oxidation sites excluding steroid dienone is 2. The molecule has 5 nitrogen and oxygen atoms in total. The maximum Gasteiger partial charge on any atom is 0.163 e. The fraction of sp³-hybridized carbons (Fsp3) is 0.0625. The van der Waals surface area contributed by atoms with E-state index in [0.29, 0.717) is 11.4 Å². The Bertz CT molecular complexity index is 831. The number of nitrogens with zero attached hydrogens (tertiary/aromatic N) is 3. The summed E-state index contributed by atoms with van der Waals surface area (Å²) in [4.78, 5) is 0. The zero-order valence-electron chi connectivity index (χ0n) is 11.2. The third-order valence-electron chi connectivity index (χ3n) is 2.90. The molecule has 0 fully saturated rings. The average molecular weight is 274 g/mol. The van der Waals surface area contributed by atoms with E-state index in [1.54, 1.807) is 25.3 Å². The van der Waals surface area contributed by atoms with Crippen molar-refractivity contribution in [2.24, 2.45) is 0 Å². The summed E-state index contributed by atoms with van der Waals surface area (Å²) in [5, 5.41) is 31.4. The number of benzene rings is 2. The fourth-order valence-electron chi connectivity index (χ4n) is 1.94. The van der Waals surface area contributed by atoms with Crippen molar-refractivity contribution in [2.75, 3.05) is 12.4 Å². The maximum atomic E-state index is 9.06. The number of rotatable bonds is 3. The first-order valence-corrected chi connectivity index (χ1v) is 6.02. The van der Waals surface area contributed by atoms with Crippen LogP contribution in [0.15, 0.2) is 47.7 Å². The molecule has 100 valence electrons. The van der Waals surface area contributed by atoms with Gasteiger partial charge in [0.2, 0.25) is 0 Å². The molecule has 0 heterocycles. The molecule has 0 aliphatic heterocycles. The van der Waals surface area contributed by atoms with Crippen molar-refractivity contribution < 1.29 is 4.74 Å². The van der Waals surface area contributed by atoms with Crippen molar-refractivity contribution in [3.63, 3.8) is 0 Å². The van der Waals surface area contributed by atoms with Crippen LogP contribution in [0.25, 0.3) is 10.8 Å². The summed E-state index contributed by atoms with van der Waals surface area (Å²) in [5.41, 5.74) is 0.229. The second-order valence-electron chi connectivity index (χ2n) is 4.11. The van der Waals surface area contributed by atoms with Gasteiger partial charge < -0.3 is 10.1 Å². The Kier molecular flexibility index (Phi) is 4.05. The molecule has 0 atom stereocenters. The van der Waals surface area contributed by atoms with Crippen molar-refractivity contribution in [3.8, 4) is 24.0 Å². The van der Waals surface area contributed by atoms with E-state index in [1.807, 2.05) is 36.4 Å². The molecule has 0 aromatic heterocycles. The van der Waals surface area contributed by atoms with E-state index in [1.165, 1.54) is 0 Å². The van der Waals surface area contributed by atoms with Crippen molar-refractivity contribution >= 4 is 16.5 Å². The third-order valence-corrected chi connectivity index (χ3v) is 2.90. The predicted molar refractivity (Wildman–Crippen MR) is 78.0 cm³/mol. The van der Waals surface area contributed by atoms with E-state index in [9.17, 15) is 0 Å². The number of nitriles is 3. The van der Waals surface area contributed by atoms with Gasteiger partial charge in [-0.25, -0.2) is 0 Å². The van der Waals surface area contributed by atoms with Crippen molar-refractivity contribution in [1.29, 1.82) is 15.8 Å². The summed E-state index contributed by atoms with van der Waals surface area (Å²) in [6.07, 6.45) is 0. The largest absolute Gasteiger partial charge is 0.496 e. The Labute approximate surface area is 121 Å². The molecule has 0 unspecified atom stereocenters. The first-order chi connectivity index (χ1) is 10.2. The highest BCUT2D eigenvalue weighted by Crippen LogP contribution is 2.30. The van der Waals surface area contributed by atoms with Gasteiger partial charge in [-0.1, -0.05) is 24.3 Å². The van der Waals surface area contributed by atoms with Gasteiger partial charge in [-0.2, -0.15) is 15.8 Å². The van der Waals surface area contributed by atoms with Crippen LogP contribution in [0.5, 0.6) is 5.75 Å².